The Morgan fingerprint density at radius 2 is 1.69 bits per heavy atom. The Bertz CT molecular complexity index is 1110. The van der Waals surface area contributed by atoms with Crippen molar-refractivity contribution in [3.05, 3.63) is 54.1 Å². The molecule has 0 aliphatic carbocycles. The average molecular weight is 492 g/mol. The van der Waals surface area contributed by atoms with Crippen LogP contribution in [0.4, 0.5) is 0 Å². The van der Waals surface area contributed by atoms with E-state index in [1.165, 1.54) is 0 Å². The number of rotatable bonds is 12. The summed E-state index contributed by atoms with van der Waals surface area (Å²) in [6.07, 6.45) is 2.11. The second-order valence-electron chi connectivity index (χ2n) is 9.82. The number of hydrogen-bond donors (Lipinski definition) is 1. The predicted octanol–water partition coefficient (Wildman–Crippen LogP) is 5.28. The number of aromatic amines is 1. The van der Waals surface area contributed by atoms with Gasteiger partial charge in [0, 0.05) is 18.5 Å². The molecule has 2 aromatic carbocycles. The number of amides is 1. The fraction of sp³-hybridized carbons (Fsp3) is 0.464. The van der Waals surface area contributed by atoms with Crippen molar-refractivity contribution in [3.63, 3.8) is 0 Å². The van der Waals surface area contributed by atoms with Crippen molar-refractivity contribution >= 4 is 11.9 Å². The molecule has 0 radical (unpaired) electrons. The normalized spacial score (nSPS) is 12.1. The third kappa shape index (κ3) is 6.99. The van der Waals surface area contributed by atoms with Gasteiger partial charge in [-0.3, -0.25) is 4.79 Å². The molecule has 0 aliphatic heterocycles. The lowest BCUT2D eigenvalue weighted by Gasteiger charge is -2.33. The maximum atomic E-state index is 13.3. The van der Waals surface area contributed by atoms with E-state index < -0.39 is 6.04 Å². The second kappa shape index (κ2) is 13.0. The minimum absolute atomic E-state index is 0.0245. The van der Waals surface area contributed by atoms with E-state index >= 15 is 0 Å². The highest BCUT2D eigenvalue weighted by molar-refractivity contribution is 5.85. The number of H-pyrrole nitrogens is 1. The molecule has 8 heteroatoms. The van der Waals surface area contributed by atoms with Gasteiger partial charge in [-0.1, -0.05) is 89.6 Å². The molecule has 0 aliphatic rings. The summed E-state index contributed by atoms with van der Waals surface area (Å²) in [6, 6.07) is 15.3. The molecule has 0 saturated heterocycles. The molecule has 1 N–H and O–H groups in total. The van der Waals surface area contributed by atoms with Crippen LogP contribution in [0.5, 0.6) is 0 Å². The average Bonchev–Trinajstić information content (AvgIpc) is 3.41. The zero-order chi connectivity index (χ0) is 26.1. The lowest BCUT2D eigenvalue weighted by molar-refractivity contribution is -0.158. The Hall–Kier alpha value is -3.55. The minimum atomic E-state index is -0.633. The molecule has 3 aromatic rings. The molecule has 0 fully saturated rings. The third-order valence-electron chi connectivity index (χ3n) is 5.96. The number of tetrazole rings is 1. The molecule has 0 saturated carbocycles. The molecule has 3 rings (SSSR count). The van der Waals surface area contributed by atoms with E-state index in [-0.39, 0.29) is 23.7 Å². The molecule has 8 nitrogen and oxygen atoms in total. The number of carbonyl (C=O) groups excluding carboxylic acids is 2. The molecule has 192 valence electrons. The van der Waals surface area contributed by atoms with Gasteiger partial charge < -0.3 is 9.64 Å². The van der Waals surface area contributed by atoms with E-state index in [2.05, 4.69) is 27.5 Å². The highest BCUT2D eigenvalue weighted by Crippen LogP contribution is 2.30. The largest absolute Gasteiger partial charge is 0.464 e. The number of benzene rings is 2. The molecule has 1 amide bonds. The predicted molar refractivity (Wildman–Crippen MR) is 140 cm³/mol. The number of aromatic nitrogens is 4. The van der Waals surface area contributed by atoms with E-state index in [0.29, 0.717) is 25.4 Å². The van der Waals surface area contributed by atoms with Crippen molar-refractivity contribution in [3.8, 4) is 22.5 Å². The van der Waals surface area contributed by atoms with E-state index in [1.807, 2.05) is 76.2 Å². The van der Waals surface area contributed by atoms with E-state index in [9.17, 15) is 9.59 Å². The lowest BCUT2D eigenvalue weighted by atomic mass is 9.97. The van der Waals surface area contributed by atoms with Crippen LogP contribution in [0.2, 0.25) is 0 Å². The topological polar surface area (TPSA) is 101 Å². The first-order valence-electron chi connectivity index (χ1n) is 12.7. The van der Waals surface area contributed by atoms with Crippen LogP contribution in [0.25, 0.3) is 22.5 Å². The van der Waals surface area contributed by atoms with Crippen molar-refractivity contribution in [1.29, 1.82) is 0 Å². The summed E-state index contributed by atoms with van der Waals surface area (Å²) >= 11 is 0. The van der Waals surface area contributed by atoms with E-state index in [4.69, 9.17) is 4.74 Å². The lowest BCUT2D eigenvalue weighted by Crippen LogP contribution is -2.48. The fourth-order valence-corrected chi connectivity index (χ4v) is 4.10. The van der Waals surface area contributed by atoms with Crippen LogP contribution in [0.1, 0.15) is 59.4 Å². The van der Waals surface area contributed by atoms with Gasteiger partial charge in [0.25, 0.3) is 0 Å². The standard InChI is InChI=1S/C28H37N5O3/c1-6-7-12-25(34)33(26(20(4)5)28(35)36-18-19(2)3)17-21-13-15-22(16-14-21)23-10-8-9-11-24(23)27-29-31-32-30-27/h8-11,13-16,19-20,26H,6-7,12,17-18H2,1-5H3,(H,29,30,31,32)/t26-/m0/s1. The van der Waals surface area contributed by atoms with Gasteiger partial charge in [-0.2, -0.15) is 5.21 Å². The van der Waals surface area contributed by atoms with Crippen molar-refractivity contribution in [2.75, 3.05) is 6.61 Å². The molecular formula is C28H37N5O3. The summed E-state index contributed by atoms with van der Waals surface area (Å²) in [6.45, 7) is 10.7. The molecular weight excluding hydrogens is 454 g/mol. The van der Waals surface area contributed by atoms with E-state index in [1.54, 1.807) is 4.90 Å². The number of unbranched alkanes of at least 4 members (excludes halogenated alkanes) is 1. The minimum Gasteiger partial charge on any atom is -0.464 e. The monoisotopic (exact) mass is 491 g/mol. The Morgan fingerprint density at radius 3 is 2.28 bits per heavy atom. The Kier molecular flexibility index (Phi) is 9.73. The molecule has 36 heavy (non-hydrogen) atoms. The van der Waals surface area contributed by atoms with Crippen LogP contribution < -0.4 is 0 Å². The smallest absolute Gasteiger partial charge is 0.329 e. The number of ether oxygens (including phenoxy) is 1. The molecule has 1 aromatic heterocycles. The number of hydrogen-bond acceptors (Lipinski definition) is 6. The summed E-state index contributed by atoms with van der Waals surface area (Å²) in [4.78, 5) is 28.0. The molecule has 1 heterocycles. The third-order valence-corrected chi connectivity index (χ3v) is 5.96. The van der Waals surface area contributed by atoms with Gasteiger partial charge in [-0.15, -0.1) is 10.2 Å². The summed E-state index contributed by atoms with van der Waals surface area (Å²) in [7, 11) is 0. The van der Waals surface area contributed by atoms with Crippen LogP contribution in [-0.4, -0.2) is 50.0 Å². The maximum absolute atomic E-state index is 13.3. The summed E-state index contributed by atoms with van der Waals surface area (Å²) in [5, 5.41) is 14.4. The molecule has 0 unspecified atom stereocenters. The van der Waals surface area contributed by atoms with Gasteiger partial charge in [0.1, 0.15) is 6.04 Å². The zero-order valence-electron chi connectivity index (χ0n) is 21.9. The van der Waals surface area contributed by atoms with E-state index in [0.717, 1.165) is 35.1 Å². The zero-order valence-corrected chi connectivity index (χ0v) is 21.9. The van der Waals surface area contributed by atoms with Crippen LogP contribution in [0.3, 0.4) is 0 Å². The Balaban J connectivity index is 1.87. The number of nitrogens with one attached hydrogen (secondary N) is 1. The van der Waals surface area contributed by atoms with Gasteiger partial charge in [0.05, 0.1) is 6.61 Å². The van der Waals surface area contributed by atoms with Gasteiger partial charge in [-0.05, 0) is 40.2 Å². The SMILES string of the molecule is CCCCC(=O)N(Cc1ccc(-c2ccccc2-c2nn[nH]n2)cc1)[C@H](C(=O)OCC(C)C)C(C)C. The first-order chi connectivity index (χ1) is 17.3. The summed E-state index contributed by atoms with van der Waals surface area (Å²) in [5.41, 5.74) is 3.81. The molecule has 0 bridgehead atoms. The van der Waals surface area contributed by atoms with Crippen molar-refractivity contribution < 1.29 is 14.3 Å². The van der Waals surface area contributed by atoms with Crippen molar-refractivity contribution in [1.82, 2.24) is 25.5 Å². The molecule has 0 spiro atoms. The number of carbonyl (C=O) groups is 2. The number of nitrogens with zero attached hydrogens (tertiary/aromatic N) is 4. The highest BCUT2D eigenvalue weighted by Gasteiger charge is 2.33. The first-order valence-corrected chi connectivity index (χ1v) is 12.7. The fourth-order valence-electron chi connectivity index (χ4n) is 4.10. The highest BCUT2D eigenvalue weighted by atomic mass is 16.5. The van der Waals surface area contributed by atoms with Crippen molar-refractivity contribution in [2.45, 2.75) is 66.5 Å². The maximum Gasteiger partial charge on any atom is 0.329 e. The van der Waals surface area contributed by atoms with Crippen LogP contribution in [-0.2, 0) is 20.9 Å². The molecule has 1 atom stereocenters. The van der Waals surface area contributed by atoms with Crippen LogP contribution in [0, 0.1) is 11.8 Å². The van der Waals surface area contributed by atoms with Crippen LogP contribution >= 0.6 is 0 Å². The Labute approximate surface area is 213 Å². The first kappa shape index (κ1) is 27.0. The van der Waals surface area contributed by atoms with Crippen LogP contribution in [0.15, 0.2) is 48.5 Å². The van der Waals surface area contributed by atoms with Crippen molar-refractivity contribution in [2.24, 2.45) is 11.8 Å². The van der Waals surface area contributed by atoms with Gasteiger partial charge in [0.2, 0.25) is 11.7 Å². The summed E-state index contributed by atoms with van der Waals surface area (Å²) in [5.74, 6) is 0.324. The van der Waals surface area contributed by atoms with Gasteiger partial charge in [0.15, 0.2) is 0 Å². The summed E-state index contributed by atoms with van der Waals surface area (Å²) < 4.78 is 5.57. The van der Waals surface area contributed by atoms with Gasteiger partial charge in [-0.25, -0.2) is 4.79 Å². The van der Waals surface area contributed by atoms with Gasteiger partial charge >= 0.3 is 5.97 Å². The Morgan fingerprint density at radius 1 is 1.00 bits per heavy atom. The number of esters is 1. The quantitative estimate of drug-likeness (QED) is 0.346. The second-order valence-corrected chi connectivity index (χ2v) is 9.82.